The standard InChI is InChI=1S/C24H24ClN3O7S2/c1-13-8-18-19(34-12-33-18)9-16(13)10-20-22(17-6-5-7-26-23(17)36-20)37(29,30)28(11-32-15(3)31-4)24-21(25)14(2)27-35-24/h5-9,15H,10-12H2,1-4H3. The Hall–Kier alpha value is -2.90. The monoisotopic (exact) mass is 565 g/mol. The first-order chi connectivity index (χ1) is 17.7. The van der Waals surface area contributed by atoms with Crippen LogP contribution in [0.3, 0.4) is 0 Å². The highest BCUT2D eigenvalue weighted by Gasteiger charge is 2.36. The summed E-state index contributed by atoms with van der Waals surface area (Å²) in [5.41, 5.74) is 2.20. The number of methoxy groups -OCH3 is 1. The van der Waals surface area contributed by atoms with Crippen molar-refractivity contribution in [1.82, 2.24) is 10.1 Å². The normalized spacial score (nSPS) is 13.9. The molecule has 1 unspecified atom stereocenters. The molecule has 0 aliphatic carbocycles. The molecule has 37 heavy (non-hydrogen) atoms. The van der Waals surface area contributed by atoms with Gasteiger partial charge in [-0.25, -0.2) is 17.7 Å². The zero-order chi connectivity index (χ0) is 26.3. The number of anilines is 1. The Balaban J connectivity index is 1.64. The molecule has 0 bridgehead atoms. The van der Waals surface area contributed by atoms with E-state index in [0.717, 1.165) is 15.4 Å². The van der Waals surface area contributed by atoms with E-state index in [9.17, 15) is 8.42 Å². The fraction of sp³-hybridized carbons (Fsp3) is 0.333. The Kier molecular flexibility index (Phi) is 7.03. The van der Waals surface area contributed by atoms with Crippen LogP contribution in [0.1, 0.15) is 28.6 Å². The van der Waals surface area contributed by atoms with Gasteiger partial charge in [-0.3, -0.25) is 0 Å². The van der Waals surface area contributed by atoms with Crippen molar-refractivity contribution in [2.75, 3.05) is 24.9 Å². The summed E-state index contributed by atoms with van der Waals surface area (Å²) in [4.78, 5) is 5.69. The molecule has 0 radical (unpaired) electrons. The maximum absolute atomic E-state index is 14.3. The SMILES string of the molecule is COC(C)OCN(c1onc(C)c1Cl)S(=O)(=O)c1c(Cc2cc3c(cc2C)OCO3)sc2ncccc12. The van der Waals surface area contributed by atoms with Gasteiger partial charge in [0, 0.05) is 30.0 Å². The largest absolute Gasteiger partial charge is 0.454 e. The van der Waals surface area contributed by atoms with Gasteiger partial charge in [-0.1, -0.05) is 16.8 Å². The van der Waals surface area contributed by atoms with Gasteiger partial charge >= 0.3 is 0 Å². The molecule has 0 saturated heterocycles. The molecule has 10 nitrogen and oxygen atoms in total. The summed E-state index contributed by atoms with van der Waals surface area (Å²) in [5, 5.41) is 4.40. The van der Waals surface area contributed by atoms with Crippen LogP contribution in [-0.2, 0) is 25.9 Å². The second-order valence-electron chi connectivity index (χ2n) is 8.36. The Morgan fingerprint density at radius 3 is 2.70 bits per heavy atom. The maximum atomic E-state index is 14.3. The Labute approximate surface area is 222 Å². The number of ether oxygens (including phenoxy) is 4. The molecule has 4 heterocycles. The molecule has 0 amide bonds. The van der Waals surface area contributed by atoms with Gasteiger partial charge in [0.15, 0.2) is 17.8 Å². The van der Waals surface area contributed by atoms with E-state index in [-0.39, 0.29) is 22.6 Å². The predicted octanol–water partition coefficient (Wildman–Crippen LogP) is 5.04. The fourth-order valence-electron chi connectivity index (χ4n) is 3.90. The first kappa shape index (κ1) is 25.7. The van der Waals surface area contributed by atoms with Crippen LogP contribution in [0.5, 0.6) is 11.5 Å². The van der Waals surface area contributed by atoms with Gasteiger partial charge in [-0.15, -0.1) is 11.3 Å². The Morgan fingerprint density at radius 2 is 2.00 bits per heavy atom. The third-order valence-electron chi connectivity index (χ3n) is 5.98. The molecule has 1 aromatic carbocycles. The summed E-state index contributed by atoms with van der Waals surface area (Å²) in [6, 6.07) is 7.19. The summed E-state index contributed by atoms with van der Waals surface area (Å²) >= 11 is 7.70. The highest BCUT2D eigenvalue weighted by atomic mass is 35.5. The van der Waals surface area contributed by atoms with Gasteiger partial charge in [0.05, 0.1) is 0 Å². The number of aryl methyl sites for hydroxylation is 2. The lowest BCUT2D eigenvalue weighted by Crippen LogP contribution is -2.35. The van der Waals surface area contributed by atoms with E-state index in [1.807, 2.05) is 19.1 Å². The van der Waals surface area contributed by atoms with E-state index in [1.54, 1.807) is 32.2 Å². The number of benzene rings is 1. The van der Waals surface area contributed by atoms with Gasteiger partial charge in [0.2, 0.25) is 6.79 Å². The van der Waals surface area contributed by atoms with Crippen LogP contribution in [0.25, 0.3) is 10.2 Å². The molecule has 0 saturated carbocycles. The minimum absolute atomic E-state index is 0.0723. The van der Waals surface area contributed by atoms with Crippen molar-refractivity contribution in [2.45, 2.75) is 38.4 Å². The van der Waals surface area contributed by atoms with Gasteiger partial charge in [0.25, 0.3) is 15.9 Å². The fourth-order valence-corrected chi connectivity index (χ4v) is 7.25. The molecule has 1 aliphatic rings. The molecule has 1 aliphatic heterocycles. The molecule has 0 fully saturated rings. The first-order valence-electron chi connectivity index (χ1n) is 11.2. The summed E-state index contributed by atoms with van der Waals surface area (Å²) in [6.45, 7) is 4.95. The topological polar surface area (TPSA) is 113 Å². The lowest BCUT2D eigenvalue weighted by atomic mass is 10.0. The number of sulfonamides is 1. The number of hydrogen-bond donors (Lipinski definition) is 0. The van der Waals surface area contributed by atoms with Crippen LogP contribution in [0.2, 0.25) is 5.02 Å². The highest BCUT2D eigenvalue weighted by Crippen LogP contribution is 2.42. The van der Waals surface area contributed by atoms with E-state index >= 15 is 0 Å². The van der Waals surface area contributed by atoms with E-state index in [2.05, 4.69) is 10.1 Å². The van der Waals surface area contributed by atoms with Gasteiger partial charge in [-0.05, 0) is 56.2 Å². The summed E-state index contributed by atoms with van der Waals surface area (Å²) in [7, 11) is -2.82. The molecule has 5 rings (SSSR count). The van der Waals surface area contributed by atoms with Crippen LogP contribution in [0.15, 0.2) is 39.9 Å². The minimum atomic E-state index is -4.28. The number of halogens is 1. The van der Waals surface area contributed by atoms with E-state index in [4.69, 9.17) is 35.1 Å². The second-order valence-corrected chi connectivity index (χ2v) is 11.6. The summed E-state index contributed by atoms with van der Waals surface area (Å²) < 4.78 is 56.8. The van der Waals surface area contributed by atoms with E-state index < -0.39 is 23.0 Å². The van der Waals surface area contributed by atoms with E-state index in [1.165, 1.54) is 18.4 Å². The van der Waals surface area contributed by atoms with Gasteiger partial charge in [0.1, 0.15) is 27.2 Å². The van der Waals surface area contributed by atoms with Crippen molar-refractivity contribution in [1.29, 1.82) is 0 Å². The molecule has 13 heteroatoms. The van der Waals surface area contributed by atoms with Crippen LogP contribution in [0, 0.1) is 13.8 Å². The second kappa shape index (κ2) is 10.1. The number of rotatable bonds is 9. The molecule has 1 atom stereocenters. The quantitative estimate of drug-likeness (QED) is 0.258. The van der Waals surface area contributed by atoms with Crippen LogP contribution >= 0.6 is 22.9 Å². The number of nitrogens with zero attached hydrogens (tertiary/aromatic N) is 3. The first-order valence-corrected chi connectivity index (χ1v) is 13.9. The smallest absolute Gasteiger partial charge is 0.270 e. The average molecular weight is 566 g/mol. The number of thiophene rings is 1. The molecule has 0 spiro atoms. The molecular weight excluding hydrogens is 542 g/mol. The number of fused-ring (bicyclic) bond motifs is 2. The Bertz CT molecular complexity index is 1570. The van der Waals surface area contributed by atoms with Crippen molar-refractivity contribution in [3.63, 3.8) is 0 Å². The van der Waals surface area contributed by atoms with Gasteiger partial charge in [-0.2, -0.15) is 0 Å². The third-order valence-corrected chi connectivity index (χ3v) is 9.49. The van der Waals surface area contributed by atoms with E-state index in [0.29, 0.717) is 38.7 Å². The summed E-state index contributed by atoms with van der Waals surface area (Å²) in [5.74, 6) is 1.14. The average Bonchev–Trinajstić information content (AvgIpc) is 3.57. The third kappa shape index (κ3) is 4.75. The molecule has 0 N–H and O–H groups in total. The lowest BCUT2D eigenvalue weighted by Gasteiger charge is -2.23. The van der Waals surface area contributed by atoms with Gasteiger partial charge < -0.3 is 23.5 Å². The Morgan fingerprint density at radius 1 is 1.24 bits per heavy atom. The molecule has 4 aromatic rings. The zero-order valence-corrected chi connectivity index (χ0v) is 22.9. The molecular formula is C24H24ClN3O7S2. The number of hydrogen-bond acceptors (Lipinski definition) is 10. The van der Waals surface area contributed by atoms with Crippen molar-refractivity contribution >= 4 is 49.1 Å². The van der Waals surface area contributed by atoms with Crippen molar-refractivity contribution in [3.05, 3.63) is 57.2 Å². The highest BCUT2D eigenvalue weighted by molar-refractivity contribution is 7.93. The van der Waals surface area contributed by atoms with Crippen LogP contribution in [0.4, 0.5) is 5.88 Å². The zero-order valence-electron chi connectivity index (χ0n) is 20.5. The van der Waals surface area contributed by atoms with Crippen molar-refractivity contribution < 1.29 is 31.9 Å². The molecule has 3 aromatic heterocycles. The number of pyridine rings is 1. The van der Waals surface area contributed by atoms with Crippen LogP contribution < -0.4 is 13.8 Å². The van der Waals surface area contributed by atoms with Crippen molar-refractivity contribution in [2.24, 2.45) is 0 Å². The summed E-state index contributed by atoms with van der Waals surface area (Å²) in [6.07, 6.45) is 1.27. The maximum Gasteiger partial charge on any atom is 0.270 e. The predicted molar refractivity (Wildman–Crippen MR) is 138 cm³/mol. The van der Waals surface area contributed by atoms with Crippen LogP contribution in [-0.4, -0.2) is 45.5 Å². The lowest BCUT2D eigenvalue weighted by molar-refractivity contribution is -0.108. The van der Waals surface area contributed by atoms with Crippen molar-refractivity contribution in [3.8, 4) is 11.5 Å². The molecule has 196 valence electrons. The minimum Gasteiger partial charge on any atom is -0.454 e. The number of aromatic nitrogens is 2.